The molecule has 4 heterocycles. The van der Waals surface area contributed by atoms with Crippen LogP contribution in [-0.4, -0.2) is 43.6 Å². The molecule has 0 amide bonds. The van der Waals surface area contributed by atoms with E-state index in [4.69, 9.17) is 14.5 Å². The lowest BCUT2D eigenvalue weighted by atomic mass is 10.1. The van der Waals surface area contributed by atoms with Gasteiger partial charge in [0.25, 0.3) is 5.88 Å². The smallest absolute Gasteiger partial charge is 0.256 e. The van der Waals surface area contributed by atoms with Crippen molar-refractivity contribution in [3.8, 4) is 34.6 Å². The van der Waals surface area contributed by atoms with Gasteiger partial charge in [-0.1, -0.05) is 6.92 Å². The molecule has 29 heavy (non-hydrogen) atoms. The van der Waals surface area contributed by atoms with Crippen LogP contribution in [0.3, 0.4) is 0 Å². The zero-order chi connectivity index (χ0) is 20.7. The van der Waals surface area contributed by atoms with Crippen molar-refractivity contribution in [2.45, 2.75) is 20.3 Å². The minimum Gasteiger partial charge on any atom is -0.494 e. The second-order valence-corrected chi connectivity index (χ2v) is 6.81. The van der Waals surface area contributed by atoms with Gasteiger partial charge in [0.1, 0.15) is 0 Å². The summed E-state index contributed by atoms with van der Waals surface area (Å²) < 4.78 is 14.0. The van der Waals surface area contributed by atoms with Crippen molar-refractivity contribution >= 4 is 10.9 Å². The van der Waals surface area contributed by atoms with Crippen LogP contribution in [-0.2, 0) is 13.5 Å². The minimum absolute atomic E-state index is 0.128. The SMILES string of the molecule is CCc1cc(-n2cc3nc(-c4cnc(OC)c(OC)c4)cc(C)c3c2O)nn1C. The third kappa shape index (κ3) is 3.06. The second-order valence-electron chi connectivity index (χ2n) is 6.81. The second kappa shape index (κ2) is 7.12. The van der Waals surface area contributed by atoms with Crippen LogP contribution in [0.4, 0.5) is 0 Å². The van der Waals surface area contributed by atoms with Gasteiger partial charge in [-0.3, -0.25) is 9.25 Å². The number of nitrogens with zero attached hydrogens (tertiary/aromatic N) is 5. The van der Waals surface area contributed by atoms with Crippen molar-refractivity contribution in [1.29, 1.82) is 0 Å². The van der Waals surface area contributed by atoms with Crippen molar-refractivity contribution in [3.05, 3.63) is 41.9 Å². The molecule has 0 radical (unpaired) electrons. The summed E-state index contributed by atoms with van der Waals surface area (Å²) in [7, 11) is 5.01. The number of hydrogen-bond donors (Lipinski definition) is 1. The van der Waals surface area contributed by atoms with E-state index < -0.39 is 0 Å². The molecule has 150 valence electrons. The molecular weight excluding hydrogens is 370 g/mol. The quantitative estimate of drug-likeness (QED) is 0.559. The zero-order valence-corrected chi connectivity index (χ0v) is 17.1. The Labute approximate surface area is 168 Å². The van der Waals surface area contributed by atoms with E-state index in [2.05, 4.69) is 17.0 Å². The summed E-state index contributed by atoms with van der Waals surface area (Å²) in [6.07, 6.45) is 4.36. The third-order valence-corrected chi connectivity index (χ3v) is 5.05. The molecule has 0 aliphatic heterocycles. The lowest BCUT2D eigenvalue weighted by molar-refractivity contribution is 0.343. The van der Waals surface area contributed by atoms with Crippen molar-refractivity contribution in [1.82, 2.24) is 24.3 Å². The van der Waals surface area contributed by atoms with Gasteiger partial charge in [-0.05, 0) is 31.0 Å². The summed E-state index contributed by atoms with van der Waals surface area (Å²) in [6.45, 7) is 4.02. The van der Waals surface area contributed by atoms with Gasteiger partial charge < -0.3 is 14.6 Å². The number of fused-ring (bicyclic) bond motifs is 1. The Hall–Kier alpha value is -3.55. The van der Waals surface area contributed by atoms with E-state index in [-0.39, 0.29) is 5.88 Å². The zero-order valence-electron chi connectivity index (χ0n) is 17.1. The largest absolute Gasteiger partial charge is 0.494 e. The van der Waals surface area contributed by atoms with Gasteiger partial charge in [0.15, 0.2) is 11.6 Å². The highest BCUT2D eigenvalue weighted by Gasteiger charge is 2.18. The fraction of sp³-hybridized carbons (Fsp3) is 0.286. The summed E-state index contributed by atoms with van der Waals surface area (Å²) in [4.78, 5) is 9.03. The monoisotopic (exact) mass is 393 g/mol. The summed E-state index contributed by atoms with van der Waals surface area (Å²) in [5.74, 6) is 1.74. The average Bonchev–Trinajstić information content (AvgIpc) is 3.26. The first-order valence-electron chi connectivity index (χ1n) is 9.30. The van der Waals surface area contributed by atoms with E-state index >= 15 is 0 Å². The van der Waals surface area contributed by atoms with E-state index in [1.807, 2.05) is 36.9 Å². The first-order chi connectivity index (χ1) is 14.0. The summed E-state index contributed by atoms with van der Waals surface area (Å²) >= 11 is 0. The highest BCUT2D eigenvalue weighted by atomic mass is 16.5. The Morgan fingerprint density at radius 1 is 1.14 bits per heavy atom. The Morgan fingerprint density at radius 2 is 1.93 bits per heavy atom. The van der Waals surface area contributed by atoms with Gasteiger partial charge in [0.2, 0.25) is 5.88 Å². The van der Waals surface area contributed by atoms with E-state index in [1.165, 1.54) is 0 Å². The van der Waals surface area contributed by atoms with Crippen LogP contribution in [0.2, 0.25) is 0 Å². The van der Waals surface area contributed by atoms with Crippen LogP contribution < -0.4 is 9.47 Å². The summed E-state index contributed by atoms with van der Waals surface area (Å²) in [6, 6.07) is 5.72. The molecule has 0 saturated heterocycles. The molecule has 0 bridgehead atoms. The van der Waals surface area contributed by atoms with Gasteiger partial charge in [-0.15, -0.1) is 0 Å². The molecule has 1 N–H and O–H groups in total. The van der Waals surface area contributed by atoms with Crippen molar-refractivity contribution in [2.75, 3.05) is 14.2 Å². The fourth-order valence-electron chi connectivity index (χ4n) is 3.52. The number of ether oxygens (including phenoxy) is 2. The van der Waals surface area contributed by atoms with Gasteiger partial charge in [-0.2, -0.15) is 5.10 Å². The molecular formula is C21H23N5O3. The third-order valence-electron chi connectivity index (χ3n) is 5.05. The van der Waals surface area contributed by atoms with Crippen LogP contribution >= 0.6 is 0 Å². The van der Waals surface area contributed by atoms with Crippen LogP contribution in [0.1, 0.15) is 18.2 Å². The Balaban J connectivity index is 1.85. The predicted molar refractivity (Wildman–Crippen MR) is 110 cm³/mol. The fourth-order valence-corrected chi connectivity index (χ4v) is 3.52. The average molecular weight is 393 g/mol. The molecule has 0 aliphatic rings. The van der Waals surface area contributed by atoms with Crippen molar-refractivity contribution in [3.63, 3.8) is 0 Å². The highest BCUT2D eigenvalue weighted by Crippen LogP contribution is 2.35. The van der Waals surface area contributed by atoms with Gasteiger partial charge in [0, 0.05) is 36.8 Å². The summed E-state index contributed by atoms with van der Waals surface area (Å²) in [5, 5.41) is 16.0. The molecule has 0 aromatic carbocycles. The molecule has 4 aromatic rings. The molecule has 8 nitrogen and oxygen atoms in total. The van der Waals surface area contributed by atoms with Crippen LogP contribution in [0.15, 0.2) is 30.6 Å². The maximum atomic E-state index is 10.8. The molecule has 4 aromatic heterocycles. The van der Waals surface area contributed by atoms with E-state index in [9.17, 15) is 5.11 Å². The molecule has 0 spiro atoms. The topological polar surface area (TPSA) is 87.2 Å². The summed E-state index contributed by atoms with van der Waals surface area (Å²) in [5.41, 5.74) is 4.19. The van der Waals surface area contributed by atoms with E-state index in [0.717, 1.165) is 28.9 Å². The lowest BCUT2D eigenvalue weighted by Crippen LogP contribution is -1.97. The highest BCUT2D eigenvalue weighted by molar-refractivity contribution is 5.90. The van der Waals surface area contributed by atoms with Crippen LogP contribution in [0.25, 0.3) is 28.0 Å². The predicted octanol–water partition coefficient (Wildman–Crippen LogP) is 3.41. The minimum atomic E-state index is 0.128. The standard InChI is InChI=1S/C21H23N5O3/c1-6-14-9-18(24-25(14)3)26-11-16-19(21(26)27)12(2)7-15(23-16)13-8-17(28-4)20(29-5)22-10-13/h7-11,27H,6H2,1-5H3. The maximum Gasteiger partial charge on any atom is 0.256 e. The number of aromatic nitrogens is 5. The van der Waals surface area contributed by atoms with Gasteiger partial charge in [0.05, 0.1) is 30.8 Å². The number of aromatic hydroxyl groups is 1. The molecule has 0 aliphatic carbocycles. The maximum absolute atomic E-state index is 10.8. The Morgan fingerprint density at radius 3 is 2.59 bits per heavy atom. The molecule has 0 fully saturated rings. The van der Waals surface area contributed by atoms with Crippen molar-refractivity contribution in [2.24, 2.45) is 7.05 Å². The Bertz CT molecular complexity index is 1210. The van der Waals surface area contributed by atoms with E-state index in [0.29, 0.717) is 28.4 Å². The molecule has 0 unspecified atom stereocenters. The first-order valence-corrected chi connectivity index (χ1v) is 9.30. The van der Waals surface area contributed by atoms with E-state index in [1.54, 1.807) is 31.2 Å². The first kappa shape index (κ1) is 18.8. The number of hydrogen-bond acceptors (Lipinski definition) is 6. The van der Waals surface area contributed by atoms with Gasteiger partial charge >= 0.3 is 0 Å². The number of aryl methyl sites for hydroxylation is 3. The molecule has 8 heteroatoms. The van der Waals surface area contributed by atoms with Crippen molar-refractivity contribution < 1.29 is 14.6 Å². The molecule has 0 saturated carbocycles. The number of methoxy groups -OCH3 is 2. The normalized spacial score (nSPS) is 11.2. The molecule has 4 rings (SSSR count). The van der Waals surface area contributed by atoms with Crippen LogP contribution in [0, 0.1) is 6.92 Å². The Kier molecular flexibility index (Phi) is 4.62. The lowest BCUT2D eigenvalue weighted by Gasteiger charge is -2.09. The molecule has 0 atom stereocenters. The number of rotatable bonds is 5. The van der Waals surface area contributed by atoms with Crippen LogP contribution in [0.5, 0.6) is 17.5 Å². The number of pyridine rings is 2. The van der Waals surface area contributed by atoms with Gasteiger partial charge in [-0.25, -0.2) is 9.97 Å².